The highest BCUT2D eigenvalue weighted by Gasteiger charge is 2.31. The van der Waals surface area contributed by atoms with Gasteiger partial charge in [0.25, 0.3) is 0 Å². The summed E-state index contributed by atoms with van der Waals surface area (Å²) in [5.74, 6) is 1.99. The number of hydrogen-bond donors (Lipinski definition) is 1. The zero-order valence-electron chi connectivity index (χ0n) is 7.61. The number of nitrogens with zero attached hydrogens (tertiary/aromatic N) is 3. The lowest BCUT2D eigenvalue weighted by Gasteiger charge is -2.36. The van der Waals surface area contributed by atoms with E-state index >= 15 is 0 Å². The summed E-state index contributed by atoms with van der Waals surface area (Å²) in [4.78, 5) is 0. The fourth-order valence-corrected chi connectivity index (χ4v) is 2.61. The van der Waals surface area contributed by atoms with Crippen LogP contribution in [0.15, 0.2) is 6.33 Å². The summed E-state index contributed by atoms with van der Waals surface area (Å²) in [7, 11) is 0. The molecule has 4 nitrogen and oxygen atoms in total. The maximum atomic E-state index is 4.14. The number of aryl methyl sites for hydroxylation is 1. The van der Waals surface area contributed by atoms with Crippen molar-refractivity contribution in [1.29, 1.82) is 0 Å². The third-order valence-corrected chi connectivity index (χ3v) is 3.31. The summed E-state index contributed by atoms with van der Waals surface area (Å²) < 4.78 is 2.29. The second-order valence-electron chi connectivity index (χ2n) is 4.01. The molecule has 0 saturated carbocycles. The number of nitrogens with one attached hydrogen (secondary N) is 1. The summed E-state index contributed by atoms with van der Waals surface area (Å²) in [5, 5.41) is 11.6. The van der Waals surface area contributed by atoms with Crippen molar-refractivity contribution in [3.8, 4) is 0 Å². The Labute approximate surface area is 77.4 Å². The van der Waals surface area contributed by atoms with Gasteiger partial charge in [0, 0.05) is 12.5 Å². The number of fused-ring (bicyclic) bond motifs is 3. The Hall–Kier alpha value is -0.900. The van der Waals surface area contributed by atoms with E-state index in [1.807, 2.05) is 6.33 Å². The molecule has 1 N–H and O–H groups in total. The standard InChI is InChI=1S/C9H14N4/c1-2-9-12-11-6-13(9)8-3-4-10-5-7(1)8/h6-8,10H,1-5H2/t7-,8-/m1/s1. The Balaban J connectivity index is 1.97. The van der Waals surface area contributed by atoms with Gasteiger partial charge in [0.2, 0.25) is 0 Å². The molecule has 3 rings (SSSR count). The molecule has 3 heterocycles. The molecule has 1 aromatic heterocycles. The lowest BCUT2D eigenvalue weighted by molar-refractivity contribution is 0.213. The number of hydrogen-bond acceptors (Lipinski definition) is 3. The molecule has 0 spiro atoms. The van der Waals surface area contributed by atoms with E-state index in [0.717, 1.165) is 18.9 Å². The van der Waals surface area contributed by atoms with Crippen LogP contribution in [0.1, 0.15) is 24.7 Å². The van der Waals surface area contributed by atoms with Gasteiger partial charge in [0.1, 0.15) is 12.2 Å². The van der Waals surface area contributed by atoms with Crippen molar-refractivity contribution in [2.75, 3.05) is 13.1 Å². The fraction of sp³-hybridized carbons (Fsp3) is 0.778. The van der Waals surface area contributed by atoms with Gasteiger partial charge in [-0.15, -0.1) is 10.2 Å². The van der Waals surface area contributed by atoms with Crippen LogP contribution in [0.2, 0.25) is 0 Å². The summed E-state index contributed by atoms with van der Waals surface area (Å²) in [6, 6.07) is 0.667. The summed E-state index contributed by atoms with van der Waals surface area (Å²) in [6.07, 6.45) is 5.51. The first-order chi connectivity index (χ1) is 6.45. The third kappa shape index (κ3) is 1.09. The predicted octanol–water partition coefficient (Wildman–Crippen LogP) is 0.375. The van der Waals surface area contributed by atoms with Gasteiger partial charge >= 0.3 is 0 Å². The highest BCUT2D eigenvalue weighted by Crippen LogP contribution is 2.32. The minimum atomic E-state index is 0.667. The lowest BCUT2D eigenvalue weighted by Crippen LogP contribution is -2.40. The highest BCUT2D eigenvalue weighted by molar-refractivity contribution is 4.99. The molecule has 0 bridgehead atoms. The van der Waals surface area contributed by atoms with Crippen molar-refractivity contribution in [2.45, 2.75) is 25.3 Å². The van der Waals surface area contributed by atoms with Gasteiger partial charge < -0.3 is 9.88 Å². The lowest BCUT2D eigenvalue weighted by atomic mass is 9.86. The van der Waals surface area contributed by atoms with Crippen molar-refractivity contribution in [3.05, 3.63) is 12.2 Å². The van der Waals surface area contributed by atoms with Crippen LogP contribution in [0, 0.1) is 5.92 Å². The Morgan fingerprint density at radius 1 is 1.46 bits per heavy atom. The smallest absolute Gasteiger partial charge is 0.133 e. The van der Waals surface area contributed by atoms with E-state index in [1.165, 1.54) is 25.2 Å². The Morgan fingerprint density at radius 2 is 2.46 bits per heavy atom. The van der Waals surface area contributed by atoms with E-state index in [2.05, 4.69) is 20.1 Å². The molecule has 0 aromatic carbocycles. The molecular weight excluding hydrogens is 164 g/mol. The Kier molecular flexibility index (Phi) is 1.62. The molecule has 0 unspecified atom stereocenters. The molecule has 0 aliphatic carbocycles. The van der Waals surface area contributed by atoms with Crippen molar-refractivity contribution in [2.24, 2.45) is 5.92 Å². The highest BCUT2D eigenvalue weighted by atomic mass is 15.3. The SMILES string of the molecule is c1nnc2n1[C@@H]1CCNC[C@H]1CC2. The van der Waals surface area contributed by atoms with E-state index in [-0.39, 0.29) is 0 Å². The molecule has 2 aliphatic rings. The van der Waals surface area contributed by atoms with Gasteiger partial charge in [-0.05, 0) is 31.8 Å². The van der Waals surface area contributed by atoms with Gasteiger partial charge in [-0.2, -0.15) is 0 Å². The molecule has 2 atom stereocenters. The van der Waals surface area contributed by atoms with Crippen molar-refractivity contribution in [1.82, 2.24) is 20.1 Å². The van der Waals surface area contributed by atoms with Crippen LogP contribution < -0.4 is 5.32 Å². The van der Waals surface area contributed by atoms with E-state index in [1.54, 1.807) is 0 Å². The summed E-state index contributed by atoms with van der Waals surface area (Å²) >= 11 is 0. The quantitative estimate of drug-likeness (QED) is 0.624. The maximum Gasteiger partial charge on any atom is 0.133 e. The molecule has 1 aromatic rings. The van der Waals surface area contributed by atoms with Crippen LogP contribution in [-0.4, -0.2) is 27.9 Å². The number of piperidine rings is 1. The monoisotopic (exact) mass is 178 g/mol. The molecule has 0 radical (unpaired) electrons. The minimum absolute atomic E-state index is 0.667. The fourth-order valence-electron chi connectivity index (χ4n) is 2.61. The van der Waals surface area contributed by atoms with Crippen molar-refractivity contribution < 1.29 is 0 Å². The van der Waals surface area contributed by atoms with Crippen LogP contribution >= 0.6 is 0 Å². The average molecular weight is 178 g/mol. The summed E-state index contributed by atoms with van der Waals surface area (Å²) in [5.41, 5.74) is 0. The van der Waals surface area contributed by atoms with Crippen LogP contribution in [0.4, 0.5) is 0 Å². The van der Waals surface area contributed by atoms with Crippen LogP contribution in [0.5, 0.6) is 0 Å². The minimum Gasteiger partial charge on any atom is -0.316 e. The first-order valence-corrected chi connectivity index (χ1v) is 5.04. The van der Waals surface area contributed by atoms with Crippen LogP contribution in [-0.2, 0) is 6.42 Å². The molecule has 70 valence electrons. The summed E-state index contributed by atoms with van der Waals surface area (Å²) in [6.45, 7) is 2.31. The number of rotatable bonds is 0. The topological polar surface area (TPSA) is 42.7 Å². The van der Waals surface area contributed by atoms with Gasteiger partial charge in [-0.1, -0.05) is 0 Å². The van der Waals surface area contributed by atoms with E-state index in [4.69, 9.17) is 0 Å². The number of aromatic nitrogens is 3. The van der Waals surface area contributed by atoms with Crippen LogP contribution in [0.3, 0.4) is 0 Å². The molecule has 1 saturated heterocycles. The first kappa shape index (κ1) is 7.50. The largest absolute Gasteiger partial charge is 0.316 e. The molecule has 4 heteroatoms. The van der Waals surface area contributed by atoms with E-state index < -0.39 is 0 Å². The Morgan fingerprint density at radius 3 is 3.46 bits per heavy atom. The molecule has 1 fully saturated rings. The predicted molar refractivity (Wildman–Crippen MR) is 48.4 cm³/mol. The molecule has 2 aliphatic heterocycles. The third-order valence-electron chi connectivity index (χ3n) is 3.31. The molecule has 0 amide bonds. The van der Waals surface area contributed by atoms with Crippen LogP contribution in [0.25, 0.3) is 0 Å². The van der Waals surface area contributed by atoms with E-state index in [0.29, 0.717) is 6.04 Å². The maximum absolute atomic E-state index is 4.14. The van der Waals surface area contributed by atoms with Gasteiger partial charge in [-0.3, -0.25) is 0 Å². The normalized spacial score (nSPS) is 32.3. The van der Waals surface area contributed by atoms with Crippen molar-refractivity contribution in [3.63, 3.8) is 0 Å². The van der Waals surface area contributed by atoms with E-state index in [9.17, 15) is 0 Å². The molecule has 13 heavy (non-hydrogen) atoms. The van der Waals surface area contributed by atoms with Gasteiger partial charge in [0.15, 0.2) is 0 Å². The second kappa shape index (κ2) is 2.80. The van der Waals surface area contributed by atoms with Crippen molar-refractivity contribution >= 4 is 0 Å². The Bertz CT molecular complexity index is 306. The molecular formula is C9H14N4. The average Bonchev–Trinajstić information content (AvgIpc) is 2.65. The van der Waals surface area contributed by atoms with Gasteiger partial charge in [0.05, 0.1) is 0 Å². The van der Waals surface area contributed by atoms with Gasteiger partial charge in [-0.25, -0.2) is 0 Å². The zero-order valence-corrected chi connectivity index (χ0v) is 7.61. The zero-order chi connectivity index (χ0) is 8.67. The second-order valence-corrected chi connectivity index (χ2v) is 4.01. The first-order valence-electron chi connectivity index (χ1n) is 5.04.